The average molecular weight is 383 g/mol. The van der Waals surface area contributed by atoms with E-state index in [1.807, 2.05) is 0 Å². The fourth-order valence-electron chi connectivity index (χ4n) is 1.76. The van der Waals surface area contributed by atoms with Gasteiger partial charge in [-0.05, 0) is 18.2 Å². The second-order valence-corrected chi connectivity index (χ2v) is 5.40. The van der Waals surface area contributed by atoms with E-state index in [1.54, 1.807) is 0 Å². The predicted octanol–water partition coefficient (Wildman–Crippen LogP) is 3.57. The largest absolute Gasteiger partial charge is 0.288 e. The van der Waals surface area contributed by atoms with Gasteiger partial charge in [0.05, 0.1) is 16.1 Å². The van der Waals surface area contributed by atoms with E-state index in [1.165, 1.54) is 30.3 Å². The van der Waals surface area contributed by atoms with Crippen LogP contribution in [0.5, 0.6) is 0 Å². The number of amides is 1. The number of rotatable bonds is 5. The minimum Gasteiger partial charge on any atom is -0.267 e. The second kappa shape index (κ2) is 7.69. The summed E-state index contributed by atoms with van der Waals surface area (Å²) < 4.78 is 0. The van der Waals surface area contributed by atoms with Crippen LogP contribution >= 0.6 is 23.2 Å². The van der Waals surface area contributed by atoms with Gasteiger partial charge in [0.1, 0.15) is 5.02 Å². The summed E-state index contributed by atoms with van der Waals surface area (Å²) in [6.07, 6.45) is 1.12. The molecule has 25 heavy (non-hydrogen) atoms. The molecule has 1 amide bonds. The molecule has 9 nitrogen and oxygen atoms in total. The molecule has 11 heteroatoms. The molecule has 0 aromatic heterocycles. The van der Waals surface area contributed by atoms with E-state index in [0.29, 0.717) is 0 Å². The highest BCUT2D eigenvalue weighted by molar-refractivity contribution is 6.33. The zero-order valence-corrected chi connectivity index (χ0v) is 13.7. The first-order valence-corrected chi connectivity index (χ1v) is 7.26. The molecule has 0 unspecified atom stereocenters. The topological polar surface area (TPSA) is 128 Å². The van der Waals surface area contributed by atoms with Crippen LogP contribution in [0.2, 0.25) is 10.0 Å². The van der Waals surface area contributed by atoms with Crippen LogP contribution in [-0.2, 0) is 0 Å². The molecule has 0 heterocycles. The zero-order chi connectivity index (χ0) is 18.6. The van der Waals surface area contributed by atoms with Crippen molar-refractivity contribution in [1.29, 1.82) is 0 Å². The van der Waals surface area contributed by atoms with E-state index in [4.69, 9.17) is 23.2 Å². The van der Waals surface area contributed by atoms with Crippen molar-refractivity contribution in [3.8, 4) is 0 Å². The van der Waals surface area contributed by atoms with Gasteiger partial charge in [-0.15, -0.1) is 0 Å². The van der Waals surface area contributed by atoms with Crippen molar-refractivity contribution in [3.05, 3.63) is 77.8 Å². The SMILES string of the molecule is O=C(N/N=C\c1cc([N+](=O)[O-])ccc1Cl)c1ccc(Cl)c([N+](=O)[O-])c1. The Bertz CT molecular complexity index is 901. The molecule has 2 aromatic carbocycles. The highest BCUT2D eigenvalue weighted by atomic mass is 35.5. The molecule has 2 rings (SSSR count). The van der Waals surface area contributed by atoms with Gasteiger partial charge in [-0.2, -0.15) is 5.10 Å². The second-order valence-electron chi connectivity index (χ2n) is 4.59. The van der Waals surface area contributed by atoms with Gasteiger partial charge in [-0.3, -0.25) is 25.0 Å². The maximum Gasteiger partial charge on any atom is 0.288 e. The number of carbonyl (C=O) groups excluding carboxylic acids is 1. The summed E-state index contributed by atoms with van der Waals surface area (Å²) in [7, 11) is 0. The lowest BCUT2D eigenvalue weighted by atomic mass is 10.2. The molecule has 0 fully saturated rings. The van der Waals surface area contributed by atoms with E-state index < -0.39 is 21.4 Å². The summed E-state index contributed by atoms with van der Waals surface area (Å²) in [6, 6.07) is 7.26. The van der Waals surface area contributed by atoms with Crippen LogP contribution in [0, 0.1) is 20.2 Å². The summed E-state index contributed by atoms with van der Waals surface area (Å²) in [4.78, 5) is 32.2. The number of nitrogens with zero attached hydrogens (tertiary/aromatic N) is 3. The van der Waals surface area contributed by atoms with E-state index >= 15 is 0 Å². The van der Waals surface area contributed by atoms with Gasteiger partial charge >= 0.3 is 0 Å². The quantitative estimate of drug-likeness (QED) is 0.480. The van der Waals surface area contributed by atoms with Crippen LogP contribution < -0.4 is 5.43 Å². The molecule has 0 saturated carbocycles. The Kier molecular flexibility index (Phi) is 5.63. The molecule has 0 atom stereocenters. The number of benzene rings is 2. The average Bonchev–Trinajstić information content (AvgIpc) is 2.56. The van der Waals surface area contributed by atoms with Gasteiger partial charge < -0.3 is 0 Å². The molecule has 2 aromatic rings. The van der Waals surface area contributed by atoms with E-state index in [-0.39, 0.29) is 26.9 Å². The normalized spacial score (nSPS) is 10.6. The third-order valence-electron chi connectivity index (χ3n) is 2.97. The van der Waals surface area contributed by atoms with Crippen molar-refractivity contribution in [3.63, 3.8) is 0 Å². The van der Waals surface area contributed by atoms with Crippen molar-refractivity contribution >= 4 is 46.7 Å². The highest BCUT2D eigenvalue weighted by Crippen LogP contribution is 2.25. The van der Waals surface area contributed by atoms with Crippen molar-refractivity contribution in [2.75, 3.05) is 0 Å². The molecule has 0 aliphatic heterocycles. The van der Waals surface area contributed by atoms with Gasteiger partial charge in [-0.25, -0.2) is 5.43 Å². The van der Waals surface area contributed by atoms with Gasteiger partial charge in [-0.1, -0.05) is 23.2 Å². The third-order valence-corrected chi connectivity index (χ3v) is 3.63. The molecular weight excluding hydrogens is 375 g/mol. The monoisotopic (exact) mass is 382 g/mol. The molecule has 0 radical (unpaired) electrons. The maximum absolute atomic E-state index is 11.9. The van der Waals surface area contributed by atoms with E-state index in [9.17, 15) is 25.0 Å². The predicted molar refractivity (Wildman–Crippen MR) is 91.3 cm³/mol. The zero-order valence-electron chi connectivity index (χ0n) is 12.2. The molecule has 0 aliphatic rings. The summed E-state index contributed by atoms with van der Waals surface area (Å²) >= 11 is 11.6. The Morgan fingerprint density at radius 1 is 1.04 bits per heavy atom. The standard InChI is InChI=1S/C14H8Cl2N4O5/c15-11-4-2-10(19(22)23)5-9(11)7-17-18-14(21)8-1-3-12(16)13(6-8)20(24)25/h1-7H,(H,18,21)/b17-7-. The number of nitrogens with one attached hydrogen (secondary N) is 1. The number of hydrogen-bond acceptors (Lipinski definition) is 6. The van der Waals surface area contributed by atoms with Crippen LogP contribution in [0.25, 0.3) is 0 Å². The first kappa shape index (κ1) is 18.3. The van der Waals surface area contributed by atoms with Crippen LogP contribution in [0.1, 0.15) is 15.9 Å². The van der Waals surface area contributed by atoms with Crippen LogP contribution in [0.15, 0.2) is 41.5 Å². The van der Waals surface area contributed by atoms with Crippen LogP contribution in [0.4, 0.5) is 11.4 Å². The molecule has 0 bridgehead atoms. The van der Waals surface area contributed by atoms with E-state index in [0.717, 1.165) is 12.3 Å². The third kappa shape index (κ3) is 4.49. The summed E-state index contributed by atoms with van der Waals surface area (Å²) in [5.74, 6) is -0.724. The Labute approximate surface area is 150 Å². The lowest BCUT2D eigenvalue weighted by Crippen LogP contribution is -2.17. The fraction of sp³-hybridized carbons (Fsp3) is 0. The Morgan fingerprint density at radius 2 is 1.72 bits per heavy atom. The molecular formula is C14H8Cl2N4O5. The van der Waals surface area contributed by atoms with Crippen molar-refractivity contribution in [2.45, 2.75) is 0 Å². The smallest absolute Gasteiger partial charge is 0.267 e. The number of nitro benzene ring substituents is 2. The Balaban J connectivity index is 2.16. The molecule has 0 aliphatic carbocycles. The van der Waals surface area contributed by atoms with Gasteiger partial charge in [0.15, 0.2) is 0 Å². The molecule has 128 valence electrons. The minimum atomic E-state index is -0.724. The van der Waals surface area contributed by atoms with E-state index in [2.05, 4.69) is 10.5 Å². The summed E-state index contributed by atoms with van der Waals surface area (Å²) in [6.45, 7) is 0. The fourth-order valence-corrected chi connectivity index (χ4v) is 2.12. The minimum absolute atomic E-state index is 0.0293. The van der Waals surface area contributed by atoms with Crippen molar-refractivity contribution in [2.24, 2.45) is 5.10 Å². The number of hydrazone groups is 1. The summed E-state index contributed by atoms with van der Waals surface area (Å²) in [5.41, 5.74) is 1.73. The summed E-state index contributed by atoms with van der Waals surface area (Å²) in [5, 5.41) is 25.3. The number of hydrogen-bond donors (Lipinski definition) is 1. The first-order chi connectivity index (χ1) is 11.8. The maximum atomic E-state index is 11.9. The first-order valence-electron chi connectivity index (χ1n) is 6.51. The Morgan fingerprint density at radius 3 is 2.36 bits per heavy atom. The van der Waals surface area contributed by atoms with Gasteiger partial charge in [0.25, 0.3) is 17.3 Å². The molecule has 1 N–H and O–H groups in total. The van der Waals surface area contributed by atoms with Crippen molar-refractivity contribution < 1.29 is 14.6 Å². The molecule has 0 spiro atoms. The van der Waals surface area contributed by atoms with Crippen molar-refractivity contribution in [1.82, 2.24) is 5.43 Å². The molecule has 0 saturated heterocycles. The highest BCUT2D eigenvalue weighted by Gasteiger charge is 2.16. The van der Waals surface area contributed by atoms with Crippen LogP contribution in [0.3, 0.4) is 0 Å². The lowest BCUT2D eigenvalue weighted by Gasteiger charge is -2.02. The number of carbonyl (C=O) groups is 1. The Hall–Kier alpha value is -3.04. The van der Waals surface area contributed by atoms with Gasteiger partial charge in [0, 0.05) is 34.3 Å². The lowest BCUT2D eigenvalue weighted by molar-refractivity contribution is -0.385. The number of nitro groups is 2. The number of non-ortho nitro benzene ring substituents is 1. The van der Waals surface area contributed by atoms with Gasteiger partial charge in [0.2, 0.25) is 0 Å². The number of halogens is 2. The van der Waals surface area contributed by atoms with Crippen LogP contribution in [-0.4, -0.2) is 22.0 Å².